The monoisotopic (exact) mass is 446 g/mol. The molecule has 4 nitrogen and oxygen atoms in total. The van der Waals surface area contributed by atoms with Crippen molar-refractivity contribution < 1.29 is 58.2 Å². The van der Waals surface area contributed by atoms with Gasteiger partial charge in [-0.1, -0.05) is 71.1 Å². The van der Waals surface area contributed by atoms with Crippen LogP contribution in [0.4, 0.5) is 5.82 Å². The van der Waals surface area contributed by atoms with Crippen LogP contribution >= 0.6 is 0 Å². The molecule has 28 heavy (non-hydrogen) atoms. The number of aryl methyl sites for hydroxylation is 1. The summed E-state index contributed by atoms with van der Waals surface area (Å²) in [5, 5.41) is 1.20. The van der Waals surface area contributed by atoms with E-state index in [0.29, 0.717) is 5.92 Å². The van der Waals surface area contributed by atoms with Crippen molar-refractivity contribution in [2.75, 3.05) is 0 Å². The van der Waals surface area contributed by atoms with E-state index < -0.39 is 0 Å². The minimum atomic E-state index is -0.0299. The zero-order valence-corrected chi connectivity index (χ0v) is 23.1. The Morgan fingerprint density at radius 2 is 1.93 bits per heavy atom. The van der Waals surface area contributed by atoms with Crippen molar-refractivity contribution in [2.24, 2.45) is 22.9 Å². The fraction of sp³-hybridized carbons (Fsp3) is 0.391. The first kappa shape index (κ1) is 23.5. The number of fused-ring (bicyclic) bond motifs is 2. The van der Waals surface area contributed by atoms with Crippen LogP contribution in [0, 0.1) is 10.8 Å². The smallest absolute Gasteiger partial charge is 0.445 e. The third kappa shape index (κ3) is 5.02. The van der Waals surface area contributed by atoms with Gasteiger partial charge in [-0.25, -0.2) is 4.98 Å². The third-order valence-electron chi connectivity index (χ3n) is 5.63. The summed E-state index contributed by atoms with van der Waals surface area (Å²) in [5.41, 5.74) is 2.38. The SMILES string of the molecule is CC1/C=C\C(C)(C(C)(C)C)/C=N\c2[n-]ccc21.Cn1ccc2cccnc21.[Rb+]. The van der Waals surface area contributed by atoms with Crippen LogP contribution in [0.15, 0.2) is 60.0 Å². The molecule has 2 atom stereocenters. The summed E-state index contributed by atoms with van der Waals surface area (Å²) in [6.07, 6.45) is 12.3. The summed E-state index contributed by atoms with van der Waals surface area (Å²) >= 11 is 0. The summed E-state index contributed by atoms with van der Waals surface area (Å²) < 4.78 is 2.01. The van der Waals surface area contributed by atoms with Gasteiger partial charge >= 0.3 is 58.2 Å². The zero-order valence-electron chi connectivity index (χ0n) is 18.1. The van der Waals surface area contributed by atoms with Crippen molar-refractivity contribution in [1.29, 1.82) is 0 Å². The Morgan fingerprint density at radius 3 is 2.61 bits per heavy atom. The first-order chi connectivity index (χ1) is 12.7. The van der Waals surface area contributed by atoms with E-state index >= 15 is 0 Å². The molecule has 0 amide bonds. The summed E-state index contributed by atoms with van der Waals surface area (Å²) in [6, 6.07) is 8.12. The van der Waals surface area contributed by atoms with Crippen molar-refractivity contribution in [2.45, 2.75) is 40.5 Å². The Bertz CT molecular complexity index is 974. The van der Waals surface area contributed by atoms with Crippen LogP contribution in [-0.2, 0) is 7.05 Å². The molecule has 0 spiro atoms. The Kier molecular flexibility index (Phi) is 7.82. The van der Waals surface area contributed by atoms with E-state index in [9.17, 15) is 0 Å². The quantitative estimate of drug-likeness (QED) is 0.498. The van der Waals surface area contributed by atoms with Gasteiger partial charge in [-0.3, -0.25) is 0 Å². The molecule has 1 aliphatic heterocycles. The standard InChI is InChI=1S/C15H21N2.C8H8N2.Rb/c1-11-6-8-15(5,14(2,3)4)10-17-13-12(11)7-9-16-13;1-10-6-4-7-3-2-5-9-8(7)10;/h6-11H,1-5H3;2-6H,1H3;/q-1;;+1/b8-6-,17-10-;;. The fourth-order valence-corrected chi connectivity index (χ4v) is 3.03. The second-order valence-electron chi connectivity index (χ2n) is 8.51. The Balaban J connectivity index is 0.000000217. The Labute approximate surface area is 217 Å². The zero-order chi connectivity index (χ0) is 19.7. The molecule has 5 heteroatoms. The van der Waals surface area contributed by atoms with Crippen molar-refractivity contribution in [1.82, 2.24) is 14.5 Å². The van der Waals surface area contributed by atoms with Gasteiger partial charge < -0.3 is 14.5 Å². The Morgan fingerprint density at radius 1 is 1.18 bits per heavy atom. The van der Waals surface area contributed by atoms with Crippen LogP contribution < -0.4 is 63.2 Å². The molecule has 3 aromatic heterocycles. The summed E-state index contributed by atoms with van der Waals surface area (Å²) in [4.78, 5) is 13.1. The van der Waals surface area contributed by atoms with Crippen molar-refractivity contribution in [3.63, 3.8) is 0 Å². The van der Waals surface area contributed by atoms with Gasteiger partial charge in [0, 0.05) is 30.2 Å². The molecular formula is C23H29N4Rb. The van der Waals surface area contributed by atoms with E-state index in [1.165, 1.54) is 10.9 Å². The van der Waals surface area contributed by atoms with E-state index in [1.54, 1.807) is 0 Å². The molecule has 0 aromatic carbocycles. The van der Waals surface area contributed by atoms with Gasteiger partial charge in [0.25, 0.3) is 0 Å². The van der Waals surface area contributed by atoms with Gasteiger partial charge in [0.1, 0.15) is 5.65 Å². The Hall–Kier alpha value is -0.815. The van der Waals surface area contributed by atoms with Crippen LogP contribution in [0.25, 0.3) is 11.0 Å². The number of aliphatic imine (C=N–C) groups is 1. The van der Waals surface area contributed by atoms with E-state index in [4.69, 9.17) is 0 Å². The van der Waals surface area contributed by atoms with Crippen LogP contribution in [0.5, 0.6) is 0 Å². The molecule has 0 saturated heterocycles. The van der Waals surface area contributed by atoms with E-state index in [-0.39, 0.29) is 69.0 Å². The minimum Gasteiger partial charge on any atom is -0.445 e. The van der Waals surface area contributed by atoms with E-state index in [2.05, 4.69) is 79.9 Å². The molecule has 0 radical (unpaired) electrons. The van der Waals surface area contributed by atoms with Gasteiger partial charge in [-0.2, -0.15) is 0 Å². The molecule has 2 unspecified atom stereocenters. The fourth-order valence-electron chi connectivity index (χ4n) is 3.03. The van der Waals surface area contributed by atoms with Gasteiger partial charge in [0.2, 0.25) is 0 Å². The minimum absolute atomic E-state index is 0. The van der Waals surface area contributed by atoms with Crippen molar-refractivity contribution >= 4 is 23.1 Å². The van der Waals surface area contributed by atoms with Gasteiger partial charge in [-0.15, -0.1) is 0 Å². The van der Waals surface area contributed by atoms with E-state index in [1.807, 2.05) is 42.5 Å². The first-order valence-electron chi connectivity index (χ1n) is 9.43. The molecule has 4 heterocycles. The summed E-state index contributed by atoms with van der Waals surface area (Å²) in [7, 11) is 2.00. The molecule has 4 rings (SSSR count). The maximum Gasteiger partial charge on any atom is 1.00 e. The van der Waals surface area contributed by atoms with Gasteiger partial charge in [0.05, 0.1) is 0 Å². The normalized spacial score (nSPS) is 23.4. The first-order valence-corrected chi connectivity index (χ1v) is 9.43. The average Bonchev–Trinajstić information content (AvgIpc) is 3.24. The predicted molar refractivity (Wildman–Crippen MR) is 114 cm³/mol. The number of hydrogen-bond donors (Lipinski definition) is 0. The largest absolute Gasteiger partial charge is 1.00 e. The molecular weight excluding hydrogens is 418 g/mol. The van der Waals surface area contributed by atoms with Crippen LogP contribution in [0.1, 0.15) is 46.1 Å². The number of hydrogen-bond acceptors (Lipinski definition) is 2. The second-order valence-corrected chi connectivity index (χ2v) is 8.51. The number of pyridine rings is 1. The molecule has 0 fully saturated rings. The summed E-state index contributed by atoms with van der Waals surface area (Å²) in [5.74, 6) is 1.25. The molecule has 142 valence electrons. The number of nitrogens with zero attached hydrogens (tertiary/aromatic N) is 4. The molecule has 0 bridgehead atoms. The van der Waals surface area contributed by atoms with Crippen LogP contribution in [-0.4, -0.2) is 15.8 Å². The molecule has 1 aliphatic rings. The van der Waals surface area contributed by atoms with Gasteiger partial charge in [0.15, 0.2) is 0 Å². The van der Waals surface area contributed by atoms with Crippen LogP contribution in [0.3, 0.4) is 0 Å². The van der Waals surface area contributed by atoms with Crippen LogP contribution in [0.2, 0.25) is 0 Å². The average molecular weight is 447 g/mol. The second kappa shape index (κ2) is 9.33. The molecule has 0 N–H and O–H groups in total. The van der Waals surface area contributed by atoms with E-state index in [0.717, 1.165) is 11.5 Å². The summed E-state index contributed by atoms with van der Waals surface area (Å²) in [6.45, 7) is 11.2. The molecule has 3 aromatic rings. The number of rotatable bonds is 0. The number of aromatic nitrogens is 3. The topological polar surface area (TPSA) is 44.3 Å². The van der Waals surface area contributed by atoms with Crippen molar-refractivity contribution in [3.05, 3.63) is 60.6 Å². The predicted octanol–water partition coefficient (Wildman–Crippen LogP) is 2.65. The maximum absolute atomic E-state index is 4.59. The van der Waals surface area contributed by atoms with Gasteiger partial charge in [-0.05, 0) is 35.1 Å². The van der Waals surface area contributed by atoms with Crippen molar-refractivity contribution in [3.8, 4) is 0 Å². The third-order valence-corrected chi connectivity index (χ3v) is 5.63. The molecule has 0 aliphatic carbocycles. The molecule has 0 saturated carbocycles. The maximum atomic E-state index is 4.59. The number of allylic oxidation sites excluding steroid dienone is 2.